The SMILES string of the molecule is C(#Cc1cccc2nc3ccccc3cc12)c1ccccc1. The summed E-state index contributed by atoms with van der Waals surface area (Å²) in [6.07, 6.45) is 0. The van der Waals surface area contributed by atoms with E-state index in [1.165, 1.54) is 0 Å². The third-order valence-corrected chi connectivity index (χ3v) is 3.68. The van der Waals surface area contributed by atoms with Crippen molar-refractivity contribution in [1.82, 2.24) is 4.98 Å². The Labute approximate surface area is 129 Å². The number of benzene rings is 3. The Morgan fingerprint density at radius 3 is 2.32 bits per heavy atom. The summed E-state index contributed by atoms with van der Waals surface area (Å²) < 4.78 is 0. The summed E-state index contributed by atoms with van der Waals surface area (Å²) in [7, 11) is 0. The number of rotatable bonds is 0. The number of fused-ring (bicyclic) bond motifs is 2. The lowest BCUT2D eigenvalue weighted by Gasteiger charge is -2.03. The van der Waals surface area contributed by atoms with Crippen molar-refractivity contribution in [1.29, 1.82) is 0 Å². The van der Waals surface area contributed by atoms with Crippen molar-refractivity contribution in [2.24, 2.45) is 0 Å². The number of hydrogen-bond donors (Lipinski definition) is 0. The third kappa shape index (κ3) is 2.32. The molecule has 0 aliphatic rings. The Morgan fingerprint density at radius 2 is 1.41 bits per heavy atom. The lowest BCUT2D eigenvalue weighted by Crippen LogP contribution is -1.85. The van der Waals surface area contributed by atoms with Gasteiger partial charge in [-0.2, -0.15) is 0 Å². The molecule has 4 rings (SSSR count). The zero-order valence-corrected chi connectivity index (χ0v) is 12.0. The largest absolute Gasteiger partial charge is 0.248 e. The molecule has 0 radical (unpaired) electrons. The summed E-state index contributed by atoms with van der Waals surface area (Å²) in [5.41, 5.74) is 4.04. The molecule has 0 saturated heterocycles. The molecule has 0 aliphatic carbocycles. The number of nitrogens with zero attached hydrogens (tertiary/aromatic N) is 1. The van der Waals surface area contributed by atoms with Crippen molar-refractivity contribution >= 4 is 21.8 Å². The van der Waals surface area contributed by atoms with E-state index < -0.39 is 0 Å². The van der Waals surface area contributed by atoms with Crippen LogP contribution in [0.4, 0.5) is 0 Å². The van der Waals surface area contributed by atoms with E-state index >= 15 is 0 Å². The van der Waals surface area contributed by atoms with Crippen molar-refractivity contribution in [2.75, 3.05) is 0 Å². The maximum atomic E-state index is 4.73. The predicted octanol–water partition coefficient (Wildman–Crippen LogP) is 4.79. The molecule has 0 spiro atoms. The van der Waals surface area contributed by atoms with Crippen LogP contribution in [-0.2, 0) is 0 Å². The van der Waals surface area contributed by atoms with E-state index in [2.05, 4.69) is 30.0 Å². The molecule has 3 aromatic carbocycles. The topological polar surface area (TPSA) is 12.9 Å². The normalized spacial score (nSPS) is 10.4. The Bertz CT molecular complexity index is 1020. The van der Waals surface area contributed by atoms with Crippen molar-refractivity contribution in [3.05, 3.63) is 90.0 Å². The van der Waals surface area contributed by atoms with E-state index in [0.717, 1.165) is 32.9 Å². The molecule has 102 valence electrons. The van der Waals surface area contributed by atoms with E-state index in [-0.39, 0.29) is 0 Å². The first-order valence-electron chi connectivity index (χ1n) is 7.26. The Kier molecular flexibility index (Phi) is 3.07. The van der Waals surface area contributed by atoms with Gasteiger partial charge in [0.1, 0.15) is 0 Å². The molecule has 0 N–H and O–H groups in total. The van der Waals surface area contributed by atoms with Gasteiger partial charge in [-0.3, -0.25) is 0 Å². The number of para-hydroxylation sites is 1. The molecule has 0 amide bonds. The van der Waals surface area contributed by atoms with Crippen LogP contribution in [0.15, 0.2) is 78.9 Å². The summed E-state index contributed by atoms with van der Waals surface area (Å²) >= 11 is 0. The van der Waals surface area contributed by atoms with Gasteiger partial charge in [-0.25, -0.2) is 4.98 Å². The Hall–Kier alpha value is -3.11. The highest BCUT2D eigenvalue weighted by Gasteiger charge is 2.02. The van der Waals surface area contributed by atoms with Crippen LogP contribution in [0.25, 0.3) is 21.8 Å². The minimum absolute atomic E-state index is 0.985. The quantitative estimate of drug-likeness (QED) is 0.333. The lowest BCUT2D eigenvalue weighted by atomic mass is 10.1. The molecule has 1 aromatic heterocycles. The van der Waals surface area contributed by atoms with Crippen LogP contribution in [0.1, 0.15) is 11.1 Å². The molecule has 1 nitrogen and oxygen atoms in total. The van der Waals surface area contributed by atoms with E-state index in [4.69, 9.17) is 4.98 Å². The summed E-state index contributed by atoms with van der Waals surface area (Å²) in [4.78, 5) is 4.73. The first-order chi connectivity index (χ1) is 10.9. The highest BCUT2D eigenvalue weighted by molar-refractivity contribution is 5.95. The highest BCUT2D eigenvalue weighted by atomic mass is 14.7. The van der Waals surface area contributed by atoms with Gasteiger partial charge in [0.25, 0.3) is 0 Å². The van der Waals surface area contributed by atoms with Crippen LogP contribution in [0.3, 0.4) is 0 Å². The second-order valence-electron chi connectivity index (χ2n) is 5.17. The third-order valence-electron chi connectivity index (χ3n) is 3.68. The summed E-state index contributed by atoms with van der Waals surface area (Å²) in [6.45, 7) is 0. The maximum absolute atomic E-state index is 4.73. The van der Waals surface area contributed by atoms with Gasteiger partial charge in [0.15, 0.2) is 0 Å². The van der Waals surface area contributed by atoms with Crippen LogP contribution in [-0.4, -0.2) is 4.98 Å². The zero-order valence-electron chi connectivity index (χ0n) is 12.0. The fraction of sp³-hybridized carbons (Fsp3) is 0. The minimum Gasteiger partial charge on any atom is -0.248 e. The fourth-order valence-corrected chi connectivity index (χ4v) is 2.57. The predicted molar refractivity (Wildman–Crippen MR) is 91.7 cm³/mol. The molecular formula is C21H13N. The van der Waals surface area contributed by atoms with Crippen LogP contribution in [0.2, 0.25) is 0 Å². The van der Waals surface area contributed by atoms with Gasteiger partial charge in [0, 0.05) is 21.9 Å². The van der Waals surface area contributed by atoms with E-state index in [0.29, 0.717) is 0 Å². The van der Waals surface area contributed by atoms with Crippen molar-refractivity contribution in [3.63, 3.8) is 0 Å². The van der Waals surface area contributed by atoms with Crippen LogP contribution in [0, 0.1) is 11.8 Å². The van der Waals surface area contributed by atoms with E-state index in [9.17, 15) is 0 Å². The molecule has 1 heteroatoms. The maximum Gasteiger partial charge on any atom is 0.0722 e. The average Bonchev–Trinajstić information content (AvgIpc) is 2.59. The lowest BCUT2D eigenvalue weighted by molar-refractivity contribution is 1.49. The molecule has 4 aromatic rings. The summed E-state index contributed by atoms with van der Waals surface area (Å²) in [6, 6.07) is 26.5. The molecule has 1 heterocycles. The minimum atomic E-state index is 0.985. The summed E-state index contributed by atoms with van der Waals surface area (Å²) in [5, 5.41) is 2.24. The number of pyridine rings is 1. The van der Waals surface area contributed by atoms with E-state index in [1.807, 2.05) is 60.7 Å². The van der Waals surface area contributed by atoms with Gasteiger partial charge in [0.05, 0.1) is 11.0 Å². The molecular weight excluding hydrogens is 266 g/mol. The van der Waals surface area contributed by atoms with Crippen molar-refractivity contribution in [2.45, 2.75) is 0 Å². The average molecular weight is 279 g/mol. The molecule has 0 fully saturated rings. The Morgan fingerprint density at radius 1 is 0.636 bits per heavy atom. The smallest absolute Gasteiger partial charge is 0.0722 e. The van der Waals surface area contributed by atoms with Crippen LogP contribution < -0.4 is 0 Å². The van der Waals surface area contributed by atoms with Gasteiger partial charge in [0.2, 0.25) is 0 Å². The van der Waals surface area contributed by atoms with Crippen LogP contribution >= 0.6 is 0 Å². The van der Waals surface area contributed by atoms with Gasteiger partial charge < -0.3 is 0 Å². The number of hydrogen-bond acceptors (Lipinski definition) is 1. The molecule has 0 unspecified atom stereocenters. The summed E-state index contributed by atoms with van der Waals surface area (Å²) in [5.74, 6) is 6.50. The standard InChI is InChI=1S/C21H13N/c1-2-7-16(8-3-1)13-14-17-10-6-12-21-19(17)15-18-9-4-5-11-20(18)22-21/h1-12,15H. The van der Waals surface area contributed by atoms with Gasteiger partial charge >= 0.3 is 0 Å². The molecule has 0 bridgehead atoms. The second kappa shape index (κ2) is 5.35. The second-order valence-corrected chi connectivity index (χ2v) is 5.17. The van der Waals surface area contributed by atoms with Gasteiger partial charge in [-0.1, -0.05) is 54.3 Å². The van der Waals surface area contributed by atoms with Gasteiger partial charge in [-0.05, 0) is 36.4 Å². The first kappa shape index (κ1) is 12.6. The monoisotopic (exact) mass is 279 g/mol. The fourth-order valence-electron chi connectivity index (χ4n) is 2.57. The van der Waals surface area contributed by atoms with Crippen molar-refractivity contribution < 1.29 is 0 Å². The molecule has 22 heavy (non-hydrogen) atoms. The van der Waals surface area contributed by atoms with Crippen LogP contribution in [0.5, 0.6) is 0 Å². The Balaban J connectivity index is 1.91. The van der Waals surface area contributed by atoms with Crippen molar-refractivity contribution in [3.8, 4) is 11.8 Å². The first-order valence-corrected chi connectivity index (χ1v) is 7.26. The molecule has 0 saturated carbocycles. The number of aromatic nitrogens is 1. The molecule has 0 atom stereocenters. The zero-order chi connectivity index (χ0) is 14.8. The highest BCUT2D eigenvalue weighted by Crippen LogP contribution is 2.22. The van der Waals surface area contributed by atoms with E-state index in [1.54, 1.807) is 0 Å². The van der Waals surface area contributed by atoms with Gasteiger partial charge in [-0.15, -0.1) is 0 Å². The molecule has 0 aliphatic heterocycles.